The van der Waals surface area contributed by atoms with Gasteiger partial charge in [-0.2, -0.15) is 0 Å². The molecule has 2 nitrogen and oxygen atoms in total. The number of aryl methyl sites for hydroxylation is 1. The highest BCUT2D eigenvalue weighted by molar-refractivity contribution is 5.48. The van der Waals surface area contributed by atoms with Crippen molar-refractivity contribution in [3.8, 4) is 5.75 Å². The lowest BCUT2D eigenvalue weighted by atomic mass is 10.1. The molecule has 2 aromatic carbocycles. The van der Waals surface area contributed by atoms with Gasteiger partial charge in [0.25, 0.3) is 0 Å². The van der Waals surface area contributed by atoms with Gasteiger partial charge in [-0.25, -0.2) is 8.78 Å². The molecule has 0 heterocycles. The van der Waals surface area contributed by atoms with E-state index in [2.05, 4.69) is 5.32 Å². The first-order chi connectivity index (χ1) is 9.11. The molecule has 0 radical (unpaired) electrons. The van der Waals surface area contributed by atoms with Crippen molar-refractivity contribution in [2.75, 3.05) is 12.4 Å². The summed E-state index contributed by atoms with van der Waals surface area (Å²) >= 11 is 0. The lowest BCUT2D eigenvalue weighted by molar-refractivity contribution is 0.410. The maximum atomic E-state index is 13.7. The third kappa shape index (κ3) is 3.02. The summed E-state index contributed by atoms with van der Waals surface area (Å²) in [5, 5.41) is 2.88. The quantitative estimate of drug-likeness (QED) is 0.903. The number of methoxy groups -OCH3 is 1. The fourth-order valence-corrected chi connectivity index (χ4v) is 1.82. The normalized spacial score (nSPS) is 10.3. The van der Waals surface area contributed by atoms with E-state index < -0.39 is 11.6 Å². The van der Waals surface area contributed by atoms with E-state index >= 15 is 0 Å². The van der Waals surface area contributed by atoms with Gasteiger partial charge in [-0.3, -0.25) is 0 Å². The molecule has 19 heavy (non-hydrogen) atoms. The molecule has 0 aromatic heterocycles. The number of hydrogen-bond acceptors (Lipinski definition) is 2. The van der Waals surface area contributed by atoms with Gasteiger partial charge in [-0.05, 0) is 24.6 Å². The van der Waals surface area contributed by atoms with Crippen molar-refractivity contribution in [2.45, 2.75) is 13.5 Å². The first-order valence-electron chi connectivity index (χ1n) is 5.93. The average Bonchev–Trinajstić information content (AvgIpc) is 2.41. The van der Waals surface area contributed by atoms with E-state index in [9.17, 15) is 8.78 Å². The van der Waals surface area contributed by atoms with Gasteiger partial charge < -0.3 is 10.1 Å². The van der Waals surface area contributed by atoms with E-state index in [1.807, 2.05) is 24.3 Å². The van der Waals surface area contributed by atoms with Gasteiger partial charge in [0.1, 0.15) is 17.4 Å². The molecule has 0 aliphatic carbocycles. The molecule has 0 amide bonds. The van der Waals surface area contributed by atoms with Gasteiger partial charge in [0, 0.05) is 18.2 Å². The van der Waals surface area contributed by atoms with E-state index in [0.29, 0.717) is 17.9 Å². The van der Waals surface area contributed by atoms with Crippen molar-refractivity contribution >= 4 is 5.69 Å². The predicted octanol–water partition coefficient (Wildman–Crippen LogP) is 3.89. The van der Waals surface area contributed by atoms with Crippen molar-refractivity contribution in [1.82, 2.24) is 0 Å². The lowest BCUT2D eigenvalue weighted by Gasteiger charge is -2.11. The molecule has 2 rings (SSSR count). The van der Waals surface area contributed by atoms with Crippen LogP contribution in [-0.2, 0) is 6.54 Å². The summed E-state index contributed by atoms with van der Waals surface area (Å²) in [6.07, 6.45) is 0. The van der Waals surface area contributed by atoms with E-state index in [-0.39, 0.29) is 5.69 Å². The highest BCUT2D eigenvalue weighted by atomic mass is 19.1. The zero-order valence-corrected chi connectivity index (χ0v) is 10.8. The molecule has 4 heteroatoms. The minimum absolute atomic E-state index is 0.147. The third-order valence-electron chi connectivity index (χ3n) is 2.91. The summed E-state index contributed by atoms with van der Waals surface area (Å²) in [5.41, 5.74) is 1.32. The zero-order valence-electron chi connectivity index (χ0n) is 10.8. The Balaban J connectivity index is 2.17. The molecule has 0 unspecified atom stereocenters. The second-order valence-corrected chi connectivity index (χ2v) is 4.25. The predicted molar refractivity (Wildman–Crippen MR) is 71.4 cm³/mol. The molecular weight excluding hydrogens is 248 g/mol. The third-order valence-corrected chi connectivity index (χ3v) is 2.91. The number of halogens is 2. The van der Waals surface area contributed by atoms with Crippen LogP contribution in [0.4, 0.5) is 14.5 Å². The van der Waals surface area contributed by atoms with Crippen molar-refractivity contribution < 1.29 is 13.5 Å². The fourth-order valence-electron chi connectivity index (χ4n) is 1.82. The average molecular weight is 263 g/mol. The Morgan fingerprint density at radius 3 is 2.58 bits per heavy atom. The number of benzene rings is 2. The van der Waals surface area contributed by atoms with E-state index in [4.69, 9.17) is 4.74 Å². The number of para-hydroxylation sites is 1. The number of nitrogens with one attached hydrogen (secondary N) is 1. The Bertz CT molecular complexity index is 584. The lowest BCUT2D eigenvalue weighted by Crippen LogP contribution is -2.04. The number of anilines is 1. The monoisotopic (exact) mass is 263 g/mol. The smallest absolute Gasteiger partial charge is 0.146 e. The Hall–Kier alpha value is -2.10. The minimum atomic E-state index is -0.464. The minimum Gasteiger partial charge on any atom is -0.496 e. The summed E-state index contributed by atoms with van der Waals surface area (Å²) in [7, 11) is 1.57. The molecule has 2 aromatic rings. The molecule has 0 aliphatic heterocycles. The highest BCUT2D eigenvalue weighted by Crippen LogP contribution is 2.22. The topological polar surface area (TPSA) is 21.3 Å². The summed E-state index contributed by atoms with van der Waals surface area (Å²) in [6.45, 7) is 1.89. The zero-order chi connectivity index (χ0) is 13.8. The van der Waals surface area contributed by atoms with Crippen LogP contribution in [0.3, 0.4) is 0 Å². The van der Waals surface area contributed by atoms with Gasteiger partial charge >= 0.3 is 0 Å². The van der Waals surface area contributed by atoms with Gasteiger partial charge in [-0.1, -0.05) is 18.2 Å². The van der Waals surface area contributed by atoms with Crippen LogP contribution in [0.5, 0.6) is 5.75 Å². The van der Waals surface area contributed by atoms with Crippen molar-refractivity contribution in [3.05, 3.63) is 59.2 Å². The molecule has 0 atom stereocenters. The number of rotatable bonds is 4. The first kappa shape index (κ1) is 13.3. The Morgan fingerprint density at radius 2 is 1.84 bits per heavy atom. The Kier molecular flexibility index (Phi) is 4.00. The summed E-state index contributed by atoms with van der Waals surface area (Å²) in [4.78, 5) is 0. The molecular formula is C15H15F2NO. The van der Waals surface area contributed by atoms with Gasteiger partial charge in [0.05, 0.1) is 12.8 Å². The second kappa shape index (κ2) is 5.69. The molecule has 1 N–H and O–H groups in total. The molecule has 0 aliphatic rings. The van der Waals surface area contributed by atoms with Crippen LogP contribution in [0.2, 0.25) is 0 Å². The van der Waals surface area contributed by atoms with E-state index in [1.165, 1.54) is 19.1 Å². The molecule has 0 fully saturated rings. The largest absolute Gasteiger partial charge is 0.496 e. The van der Waals surface area contributed by atoms with Crippen LogP contribution in [0.25, 0.3) is 0 Å². The molecule has 0 bridgehead atoms. The molecule has 0 saturated carbocycles. The summed E-state index contributed by atoms with van der Waals surface area (Å²) in [5.74, 6) is -0.180. The van der Waals surface area contributed by atoms with Crippen LogP contribution in [0, 0.1) is 18.6 Å². The van der Waals surface area contributed by atoms with Crippen LogP contribution in [0.1, 0.15) is 11.1 Å². The van der Waals surface area contributed by atoms with E-state index in [1.54, 1.807) is 7.11 Å². The molecule has 100 valence electrons. The number of hydrogen-bond donors (Lipinski definition) is 1. The van der Waals surface area contributed by atoms with Crippen molar-refractivity contribution in [2.24, 2.45) is 0 Å². The van der Waals surface area contributed by atoms with Gasteiger partial charge in [0.2, 0.25) is 0 Å². The van der Waals surface area contributed by atoms with E-state index in [0.717, 1.165) is 5.56 Å². The van der Waals surface area contributed by atoms with Crippen LogP contribution in [-0.4, -0.2) is 7.11 Å². The standard InChI is InChI=1S/C15H15F2NO/c1-10-7-13(17)14(8-12(10)16)18-9-11-5-3-4-6-15(11)19-2/h3-8,18H,9H2,1-2H3. The highest BCUT2D eigenvalue weighted by Gasteiger charge is 2.08. The SMILES string of the molecule is COc1ccccc1CNc1cc(F)c(C)cc1F. The maximum absolute atomic E-state index is 13.7. The maximum Gasteiger partial charge on any atom is 0.146 e. The Labute approximate surface area is 111 Å². The van der Waals surface area contributed by atoms with Gasteiger partial charge in [-0.15, -0.1) is 0 Å². The van der Waals surface area contributed by atoms with Crippen LogP contribution >= 0.6 is 0 Å². The molecule has 0 saturated heterocycles. The molecule has 0 spiro atoms. The summed E-state index contributed by atoms with van der Waals surface area (Å²) in [6, 6.07) is 9.76. The van der Waals surface area contributed by atoms with Crippen LogP contribution in [0.15, 0.2) is 36.4 Å². The van der Waals surface area contributed by atoms with Crippen LogP contribution < -0.4 is 10.1 Å². The number of ether oxygens (including phenoxy) is 1. The van der Waals surface area contributed by atoms with Crippen molar-refractivity contribution in [1.29, 1.82) is 0 Å². The van der Waals surface area contributed by atoms with Crippen molar-refractivity contribution in [3.63, 3.8) is 0 Å². The van der Waals surface area contributed by atoms with Gasteiger partial charge in [0.15, 0.2) is 0 Å². The first-order valence-corrected chi connectivity index (χ1v) is 5.93. The fraction of sp³-hybridized carbons (Fsp3) is 0.200. The summed E-state index contributed by atoms with van der Waals surface area (Å²) < 4.78 is 32.3. The Morgan fingerprint density at radius 1 is 1.11 bits per heavy atom. The second-order valence-electron chi connectivity index (χ2n) is 4.25.